The summed E-state index contributed by atoms with van der Waals surface area (Å²) in [4.78, 5) is 5.21. The van der Waals surface area contributed by atoms with Crippen LogP contribution in [0.3, 0.4) is 0 Å². The average molecular weight is 319 g/mol. The van der Waals surface area contributed by atoms with Crippen molar-refractivity contribution in [2.75, 3.05) is 19.8 Å². The molecule has 21 heavy (non-hydrogen) atoms. The van der Waals surface area contributed by atoms with Crippen LogP contribution in [0.15, 0.2) is 30.3 Å². The van der Waals surface area contributed by atoms with Gasteiger partial charge in [0.2, 0.25) is 5.91 Å². The van der Waals surface area contributed by atoms with Gasteiger partial charge in [0.25, 0.3) is 0 Å². The molecule has 1 aromatic carbocycles. The quantitative estimate of drug-likeness (QED) is 0.383. The van der Waals surface area contributed by atoms with Crippen molar-refractivity contribution in [3.05, 3.63) is 35.9 Å². The first-order valence-electron chi connectivity index (χ1n) is 7.03. The maximum atomic E-state index is 14.0. The average Bonchev–Trinajstić information content (AvgIpc) is 2.48. The van der Waals surface area contributed by atoms with Crippen LogP contribution in [0.25, 0.3) is 0 Å². The number of hydroxylamine groups is 1. The van der Waals surface area contributed by atoms with E-state index < -0.39 is 13.5 Å². The summed E-state index contributed by atoms with van der Waals surface area (Å²) in [6.45, 7) is 4.20. The van der Waals surface area contributed by atoms with E-state index in [0.717, 1.165) is 5.56 Å². The number of benzene rings is 1. The number of halogens is 1. The number of hydrogen-bond acceptors (Lipinski definition) is 5. The van der Waals surface area contributed by atoms with Crippen LogP contribution >= 0.6 is 7.60 Å². The Hall–Kier alpha value is -0.780. The summed E-state index contributed by atoms with van der Waals surface area (Å²) >= 11 is 0. The zero-order valence-corrected chi connectivity index (χ0v) is 13.4. The van der Waals surface area contributed by atoms with Gasteiger partial charge < -0.3 is 9.05 Å². The summed E-state index contributed by atoms with van der Waals surface area (Å²) in [6, 6.07) is 9.60. The number of alkyl halides is 1. The predicted octanol–water partition coefficient (Wildman–Crippen LogP) is 3.66. The fraction of sp³-hybridized carbons (Fsp3) is 0.571. The van der Waals surface area contributed by atoms with Gasteiger partial charge in [0.15, 0.2) is 0 Å². The van der Waals surface area contributed by atoms with Crippen LogP contribution in [0.5, 0.6) is 0 Å². The smallest absolute Gasteiger partial charge is 0.307 e. The molecule has 1 N–H and O–H groups in total. The van der Waals surface area contributed by atoms with Gasteiger partial charge in [-0.3, -0.25) is 9.40 Å². The molecule has 0 spiro atoms. The van der Waals surface area contributed by atoms with Crippen molar-refractivity contribution < 1.29 is 22.8 Å². The van der Waals surface area contributed by atoms with E-state index in [4.69, 9.17) is 13.9 Å². The third-order valence-corrected chi connectivity index (χ3v) is 4.81. The van der Waals surface area contributed by atoms with Crippen LogP contribution in [-0.4, -0.2) is 25.7 Å². The SMILES string of the molecule is CCOP(=O)(OCC)C(F)CCNOCc1ccccc1. The zero-order chi connectivity index (χ0) is 15.6. The molecular weight excluding hydrogens is 296 g/mol. The van der Waals surface area contributed by atoms with Crippen LogP contribution in [0.2, 0.25) is 0 Å². The summed E-state index contributed by atoms with van der Waals surface area (Å²) < 4.78 is 36.0. The Morgan fingerprint density at radius 2 is 1.81 bits per heavy atom. The van der Waals surface area contributed by atoms with Gasteiger partial charge in [0.05, 0.1) is 19.8 Å². The summed E-state index contributed by atoms with van der Waals surface area (Å²) in [6.07, 6.45) is -0.00787. The van der Waals surface area contributed by atoms with Crippen molar-refractivity contribution in [3.8, 4) is 0 Å². The lowest BCUT2D eigenvalue weighted by atomic mass is 10.2. The van der Waals surface area contributed by atoms with E-state index in [-0.39, 0.29) is 26.2 Å². The van der Waals surface area contributed by atoms with Crippen molar-refractivity contribution in [1.82, 2.24) is 5.48 Å². The molecule has 1 atom stereocenters. The van der Waals surface area contributed by atoms with Gasteiger partial charge in [0.1, 0.15) is 0 Å². The van der Waals surface area contributed by atoms with Crippen molar-refractivity contribution in [3.63, 3.8) is 0 Å². The van der Waals surface area contributed by atoms with Crippen molar-refractivity contribution in [2.45, 2.75) is 32.8 Å². The van der Waals surface area contributed by atoms with E-state index in [0.29, 0.717) is 6.61 Å². The lowest BCUT2D eigenvalue weighted by molar-refractivity contribution is 0.0250. The Morgan fingerprint density at radius 1 is 1.19 bits per heavy atom. The Balaban J connectivity index is 2.25. The van der Waals surface area contributed by atoms with E-state index in [9.17, 15) is 8.96 Å². The molecule has 0 heterocycles. The largest absolute Gasteiger partial charge is 0.364 e. The highest BCUT2D eigenvalue weighted by atomic mass is 31.2. The molecule has 7 heteroatoms. The maximum Gasteiger partial charge on any atom is 0.364 e. The normalized spacial score (nSPS) is 13.3. The van der Waals surface area contributed by atoms with Crippen molar-refractivity contribution >= 4 is 7.60 Å². The second-order valence-electron chi connectivity index (χ2n) is 4.27. The van der Waals surface area contributed by atoms with Crippen molar-refractivity contribution in [1.29, 1.82) is 0 Å². The Labute approximate surface area is 125 Å². The fourth-order valence-electron chi connectivity index (χ4n) is 1.68. The highest BCUT2D eigenvalue weighted by molar-refractivity contribution is 7.54. The standard InChI is InChI=1S/C14H23FNO4P/c1-3-19-21(17,20-4-2)14(15)10-11-16-18-12-13-8-6-5-7-9-13/h5-9,14,16H,3-4,10-12H2,1-2H3. The predicted molar refractivity (Wildman–Crippen MR) is 79.6 cm³/mol. The van der Waals surface area contributed by atoms with Crippen molar-refractivity contribution in [2.24, 2.45) is 0 Å². The molecule has 0 aliphatic carbocycles. The van der Waals surface area contributed by atoms with Crippen LogP contribution in [0, 0.1) is 0 Å². The summed E-state index contributed by atoms with van der Waals surface area (Å²) in [5.41, 5.74) is 3.66. The Bertz CT molecular complexity index is 422. The lowest BCUT2D eigenvalue weighted by Crippen LogP contribution is -2.20. The first-order chi connectivity index (χ1) is 10.1. The van der Waals surface area contributed by atoms with Gasteiger partial charge in [0, 0.05) is 13.0 Å². The number of hydrogen-bond donors (Lipinski definition) is 1. The molecule has 1 rings (SSSR count). The second kappa shape index (κ2) is 10.0. The minimum Gasteiger partial charge on any atom is -0.307 e. The first kappa shape index (κ1) is 18.3. The highest BCUT2D eigenvalue weighted by Gasteiger charge is 2.35. The minimum absolute atomic E-state index is 0.00787. The van der Waals surface area contributed by atoms with Crippen LogP contribution in [0.4, 0.5) is 4.39 Å². The first-order valence-corrected chi connectivity index (χ1v) is 8.65. The van der Waals surface area contributed by atoms with Crippen LogP contribution < -0.4 is 5.48 Å². The summed E-state index contributed by atoms with van der Waals surface area (Å²) in [7, 11) is -3.68. The Kier molecular flexibility index (Phi) is 8.73. The molecule has 0 bridgehead atoms. The van der Waals surface area contributed by atoms with Crippen LogP contribution in [0.1, 0.15) is 25.8 Å². The van der Waals surface area contributed by atoms with E-state index in [1.54, 1.807) is 13.8 Å². The molecule has 0 aliphatic rings. The number of nitrogens with one attached hydrogen (secondary N) is 1. The molecule has 120 valence electrons. The monoisotopic (exact) mass is 319 g/mol. The third-order valence-electron chi connectivity index (χ3n) is 2.63. The van der Waals surface area contributed by atoms with Gasteiger partial charge in [-0.15, -0.1) is 0 Å². The van der Waals surface area contributed by atoms with E-state index in [1.807, 2.05) is 30.3 Å². The van der Waals surface area contributed by atoms with Crippen LogP contribution in [-0.2, 0) is 25.1 Å². The molecule has 0 aliphatic heterocycles. The Morgan fingerprint density at radius 3 is 2.38 bits per heavy atom. The molecule has 5 nitrogen and oxygen atoms in total. The molecular formula is C14H23FNO4P. The molecule has 0 saturated heterocycles. The third kappa shape index (κ3) is 6.68. The molecule has 0 fully saturated rings. The van der Waals surface area contributed by atoms with Gasteiger partial charge >= 0.3 is 7.60 Å². The van der Waals surface area contributed by atoms with E-state index in [1.165, 1.54) is 0 Å². The van der Waals surface area contributed by atoms with Gasteiger partial charge in [-0.1, -0.05) is 30.3 Å². The molecule has 0 amide bonds. The molecule has 1 aromatic rings. The fourth-order valence-corrected chi connectivity index (χ4v) is 3.24. The summed E-state index contributed by atoms with van der Waals surface area (Å²) in [5.74, 6) is -1.66. The van der Waals surface area contributed by atoms with E-state index >= 15 is 0 Å². The lowest BCUT2D eigenvalue weighted by Gasteiger charge is -2.20. The van der Waals surface area contributed by atoms with Gasteiger partial charge in [-0.05, 0) is 19.4 Å². The molecule has 1 unspecified atom stereocenters. The van der Waals surface area contributed by atoms with Gasteiger partial charge in [-0.25, -0.2) is 9.87 Å². The second-order valence-corrected chi connectivity index (χ2v) is 6.42. The van der Waals surface area contributed by atoms with E-state index in [2.05, 4.69) is 5.48 Å². The topological polar surface area (TPSA) is 56.8 Å². The van der Waals surface area contributed by atoms with Gasteiger partial charge in [-0.2, -0.15) is 0 Å². The zero-order valence-electron chi connectivity index (χ0n) is 12.5. The maximum absolute atomic E-state index is 14.0. The number of rotatable bonds is 11. The highest BCUT2D eigenvalue weighted by Crippen LogP contribution is 2.54. The molecule has 0 radical (unpaired) electrons. The molecule has 0 aromatic heterocycles. The summed E-state index contributed by atoms with van der Waals surface area (Å²) in [5, 5.41) is 0. The minimum atomic E-state index is -3.68. The molecule has 0 saturated carbocycles.